The average molecular weight is 500 g/mol. The van der Waals surface area contributed by atoms with E-state index in [1.54, 1.807) is 23.8 Å². The van der Waals surface area contributed by atoms with Crippen molar-refractivity contribution in [1.29, 1.82) is 0 Å². The average Bonchev–Trinajstić information content (AvgIpc) is 3.52. The molecule has 3 aliphatic heterocycles. The first kappa shape index (κ1) is 22.8. The molecule has 11 heteroatoms. The first-order valence-corrected chi connectivity index (χ1v) is 11.6. The zero-order chi connectivity index (χ0) is 25.1. The van der Waals surface area contributed by atoms with Gasteiger partial charge in [-0.2, -0.15) is 18.2 Å². The van der Waals surface area contributed by atoms with E-state index in [-0.39, 0.29) is 23.1 Å². The molecule has 5 heterocycles. The van der Waals surface area contributed by atoms with Gasteiger partial charge in [-0.1, -0.05) is 12.1 Å². The van der Waals surface area contributed by atoms with Crippen LogP contribution in [0.3, 0.4) is 0 Å². The predicted molar refractivity (Wildman–Crippen MR) is 123 cm³/mol. The number of morpholine rings is 1. The summed E-state index contributed by atoms with van der Waals surface area (Å²) in [7, 11) is 1.59. The van der Waals surface area contributed by atoms with Crippen molar-refractivity contribution < 1.29 is 27.4 Å². The summed E-state index contributed by atoms with van der Waals surface area (Å²) < 4.78 is 57.5. The number of halogens is 3. The van der Waals surface area contributed by atoms with Crippen molar-refractivity contribution >= 4 is 5.82 Å². The number of aromatic nitrogens is 3. The van der Waals surface area contributed by atoms with Gasteiger partial charge < -0.3 is 19.1 Å². The van der Waals surface area contributed by atoms with Gasteiger partial charge in [0.1, 0.15) is 17.2 Å². The van der Waals surface area contributed by atoms with Crippen molar-refractivity contribution in [2.45, 2.75) is 43.6 Å². The van der Waals surface area contributed by atoms with Crippen LogP contribution in [0.2, 0.25) is 0 Å². The Bertz CT molecular complexity index is 1380. The van der Waals surface area contributed by atoms with Crippen molar-refractivity contribution in [1.82, 2.24) is 14.5 Å². The Morgan fingerprint density at radius 2 is 1.97 bits per heavy atom. The molecule has 1 spiro atoms. The highest BCUT2D eigenvalue weighted by Gasteiger charge is 2.57. The van der Waals surface area contributed by atoms with Crippen molar-refractivity contribution in [3.05, 3.63) is 70.0 Å². The fourth-order valence-corrected chi connectivity index (χ4v) is 5.43. The summed E-state index contributed by atoms with van der Waals surface area (Å²) in [4.78, 5) is 22.8. The molecule has 36 heavy (non-hydrogen) atoms. The van der Waals surface area contributed by atoms with Gasteiger partial charge in [-0.25, -0.2) is 4.79 Å². The topological polar surface area (TPSA) is 78.7 Å². The number of nitrogens with zero attached hydrogens (tertiary/aromatic N) is 4. The number of methoxy groups -OCH3 is 1. The Morgan fingerprint density at radius 1 is 1.17 bits per heavy atom. The van der Waals surface area contributed by atoms with Crippen LogP contribution >= 0.6 is 0 Å². The summed E-state index contributed by atoms with van der Waals surface area (Å²) in [6.45, 7) is 1.90. The molecule has 3 aliphatic rings. The molecule has 0 N–H and O–H groups in total. The third kappa shape index (κ3) is 3.78. The fourth-order valence-electron chi connectivity index (χ4n) is 5.43. The smallest absolute Gasteiger partial charge is 0.433 e. The quantitative estimate of drug-likeness (QED) is 0.512. The molecule has 0 unspecified atom stereocenters. The zero-order valence-corrected chi connectivity index (χ0v) is 19.4. The van der Waals surface area contributed by atoms with Crippen LogP contribution in [-0.2, 0) is 30.3 Å². The summed E-state index contributed by atoms with van der Waals surface area (Å²) in [5, 5.41) is 0. The van der Waals surface area contributed by atoms with E-state index in [9.17, 15) is 18.0 Å². The van der Waals surface area contributed by atoms with Gasteiger partial charge in [-0.05, 0) is 36.6 Å². The summed E-state index contributed by atoms with van der Waals surface area (Å²) >= 11 is 0. The molecule has 2 atom stereocenters. The lowest BCUT2D eigenvalue weighted by Gasteiger charge is -2.32. The van der Waals surface area contributed by atoms with Gasteiger partial charge in [0, 0.05) is 25.2 Å². The normalized spacial score (nSPS) is 22.0. The van der Waals surface area contributed by atoms with E-state index in [4.69, 9.17) is 14.2 Å². The van der Waals surface area contributed by atoms with E-state index in [0.29, 0.717) is 43.2 Å². The Hall–Kier alpha value is -3.60. The van der Waals surface area contributed by atoms with Gasteiger partial charge in [0.15, 0.2) is 11.6 Å². The maximum Gasteiger partial charge on any atom is 0.433 e. The minimum atomic E-state index is -4.54. The number of ether oxygens (including phenoxy) is 3. The molecule has 0 aliphatic carbocycles. The number of fused-ring (bicyclic) bond motifs is 3. The van der Waals surface area contributed by atoms with Crippen molar-refractivity contribution in [2.75, 3.05) is 25.2 Å². The SMILES string of the molecule is COc1c(CCc2ccc(Oc3ccnc(C(F)(F)F)c3)cc2)nc(=O)n2c1N1C[C@@H]3C[C@]1(CO3)C2. The second-order valence-electron chi connectivity index (χ2n) is 9.38. The highest BCUT2D eigenvalue weighted by molar-refractivity contribution is 5.62. The Kier molecular flexibility index (Phi) is 5.22. The molecule has 8 nitrogen and oxygen atoms in total. The standard InChI is InChI=1S/C25H23F3N4O4/c1-34-21-19(30-23(33)31-13-24-11-18(35-14-24)12-32(24)22(21)31)7-4-15-2-5-16(6-3-15)36-17-8-9-29-20(10-17)25(26,27)28/h2-3,5-6,8-10,18H,4,7,11-14H2,1H3/t18-,24+/m0/s1. The summed E-state index contributed by atoms with van der Waals surface area (Å²) in [5.74, 6) is 1.87. The summed E-state index contributed by atoms with van der Waals surface area (Å²) in [6, 6.07) is 9.28. The first-order valence-electron chi connectivity index (χ1n) is 11.6. The van der Waals surface area contributed by atoms with Crippen LogP contribution in [0.5, 0.6) is 17.2 Å². The molecule has 2 saturated heterocycles. The molecule has 3 aromatic rings. The number of alkyl halides is 3. The largest absolute Gasteiger partial charge is 0.491 e. The molecule has 188 valence electrons. The van der Waals surface area contributed by atoms with Crippen LogP contribution in [0.4, 0.5) is 19.0 Å². The first-order chi connectivity index (χ1) is 17.3. The monoisotopic (exact) mass is 500 g/mol. The highest BCUT2D eigenvalue weighted by Crippen LogP contribution is 2.49. The van der Waals surface area contributed by atoms with Crippen molar-refractivity contribution in [3.8, 4) is 17.2 Å². The molecule has 0 radical (unpaired) electrons. The van der Waals surface area contributed by atoms with E-state index in [1.807, 2.05) is 12.1 Å². The number of hydrogen-bond acceptors (Lipinski definition) is 7. The molecule has 0 amide bonds. The van der Waals surface area contributed by atoms with Gasteiger partial charge in [0.05, 0.1) is 37.6 Å². The van der Waals surface area contributed by atoms with Gasteiger partial charge in [-0.15, -0.1) is 0 Å². The third-order valence-corrected chi connectivity index (χ3v) is 7.08. The number of aryl methyl sites for hydroxylation is 2. The van der Waals surface area contributed by atoms with Gasteiger partial charge >= 0.3 is 11.9 Å². The molecular weight excluding hydrogens is 477 g/mol. The second-order valence-corrected chi connectivity index (χ2v) is 9.38. The van der Waals surface area contributed by atoms with Crippen LogP contribution in [0.1, 0.15) is 23.4 Å². The van der Waals surface area contributed by atoms with E-state index in [1.165, 1.54) is 6.07 Å². The molecule has 1 aromatic carbocycles. The molecule has 2 fully saturated rings. The maximum atomic E-state index is 12.9. The van der Waals surface area contributed by atoms with E-state index < -0.39 is 11.9 Å². The number of pyridine rings is 1. The van der Waals surface area contributed by atoms with Crippen LogP contribution < -0.4 is 20.1 Å². The maximum absolute atomic E-state index is 12.9. The lowest BCUT2D eigenvalue weighted by molar-refractivity contribution is -0.141. The van der Waals surface area contributed by atoms with Crippen molar-refractivity contribution in [3.63, 3.8) is 0 Å². The number of benzene rings is 1. The van der Waals surface area contributed by atoms with Crippen LogP contribution in [-0.4, -0.2) is 46.4 Å². The van der Waals surface area contributed by atoms with Crippen molar-refractivity contribution in [2.24, 2.45) is 0 Å². The van der Waals surface area contributed by atoms with Gasteiger partial charge in [0.25, 0.3) is 0 Å². The number of hydrogen-bond donors (Lipinski definition) is 0. The minimum absolute atomic E-state index is 0.0522. The molecule has 6 rings (SSSR count). The van der Waals surface area contributed by atoms with E-state index in [2.05, 4.69) is 14.9 Å². The third-order valence-electron chi connectivity index (χ3n) is 7.08. The van der Waals surface area contributed by atoms with Crippen LogP contribution in [0, 0.1) is 0 Å². The van der Waals surface area contributed by atoms with Crippen LogP contribution in [0.25, 0.3) is 0 Å². The zero-order valence-electron chi connectivity index (χ0n) is 19.4. The van der Waals surface area contributed by atoms with Crippen LogP contribution in [0.15, 0.2) is 47.4 Å². The highest BCUT2D eigenvalue weighted by atomic mass is 19.4. The fraction of sp³-hybridized carbons (Fsp3) is 0.400. The summed E-state index contributed by atoms with van der Waals surface area (Å²) in [5.41, 5.74) is 0.0837. The van der Waals surface area contributed by atoms with Gasteiger partial charge in [-0.3, -0.25) is 9.55 Å². The predicted octanol–water partition coefficient (Wildman–Crippen LogP) is 3.60. The summed E-state index contributed by atoms with van der Waals surface area (Å²) in [6.07, 6.45) is -1.31. The lowest BCUT2D eigenvalue weighted by atomic mass is 10.0. The van der Waals surface area contributed by atoms with E-state index >= 15 is 0 Å². The Balaban J connectivity index is 1.18. The Morgan fingerprint density at radius 3 is 2.69 bits per heavy atom. The lowest BCUT2D eigenvalue weighted by Crippen LogP contribution is -2.46. The molecule has 0 saturated carbocycles. The molecule has 2 bridgehead atoms. The molecule has 2 aromatic heterocycles. The molecular formula is C25H23F3N4O4. The van der Waals surface area contributed by atoms with Gasteiger partial charge in [0.2, 0.25) is 0 Å². The van der Waals surface area contributed by atoms with E-state index in [0.717, 1.165) is 36.6 Å². The Labute approximate surface area is 204 Å². The number of rotatable bonds is 6. The minimum Gasteiger partial charge on any atom is -0.491 e. The number of anilines is 1. The second kappa shape index (κ2) is 8.22.